The van der Waals surface area contributed by atoms with Gasteiger partial charge in [-0.05, 0) is 30.2 Å². The average Bonchev–Trinajstić information content (AvgIpc) is 2.45. The summed E-state index contributed by atoms with van der Waals surface area (Å²) in [6.45, 7) is 2.54. The molecule has 0 unspecified atom stereocenters. The molecule has 2 aromatic rings. The molecule has 1 amide bonds. The van der Waals surface area contributed by atoms with Crippen molar-refractivity contribution in [1.82, 2.24) is 4.90 Å². The van der Waals surface area contributed by atoms with Crippen molar-refractivity contribution in [3.8, 4) is 0 Å². The average molecular weight is 323 g/mol. The smallest absolute Gasteiger partial charge is 0.254 e. The van der Waals surface area contributed by atoms with Crippen molar-refractivity contribution in [2.45, 2.75) is 13.5 Å². The van der Waals surface area contributed by atoms with Gasteiger partial charge in [0.25, 0.3) is 5.91 Å². The Morgan fingerprint density at radius 3 is 2.33 bits per heavy atom. The fourth-order valence-electron chi connectivity index (χ4n) is 2.04. The normalized spacial score (nSPS) is 10.5. The molecule has 2 N–H and O–H groups in total. The first-order valence-corrected chi connectivity index (χ1v) is 7.20. The number of amides is 1. The summed E-state index contributed by atoms with van der Waals surface area (Å²) in [5.41, 5.74) is 8.64. The number of aryl methyl sites for hydroxylation is 1. The monoisotopic (exact) mass is 322 g/mol. The summed E-state index contributed by atoms with van der Waals surface area (Å²) >= 11 is 11.9. The lowest BCUT2D eigenvalue weighted by Gasteiger charge is -2.19. The van der Waals surface area contributed by atoms with E-state index in [1.165, 1.54) is 0 Å². The van der Waals surface area contributed by atoms with E-state index in [9.17, 15) is 4.79 Å². The van der Waals surface area contributed by atoms with Gasteiger partial charge in [0.05, 0.1) is 15.7 Å². The standard InChI is InChI=1S/C16H16Cl2N2O/c1-10-5-3-4-6-11(10)9-20(2)16(21)12-7-13(17)15(19)14(18)8-12/h3-8H,9,19H2,1-2H3. The van der Waals surface area contributed by atoms with Crippen molar-refractivity contribution in [3.63, 3.8) is 0 Å². The van der Waals surface area contributed by atoms with Crippen molar-refractivity contribution < 1.29 is 4.79 Å². The van der Waals surface area contributed by atoms with Crippen molar-refractivity contribution >= 4 is 34.8 Å². The fourth-order valence-corrected chi connectivity index (χ4v) is 2.53. The summed E-state index contributed by atoms with van der Waals surface area (Å²) < 4.78 is 0. The zero-order chi connectivity index (χ0) is 15.6. The maximum Gasteiger partial charge on any atom is 0.254 e. The van der Waals surface area contributed by atoms with E-state index in [1.807, 2.05) is 31.2 Å². The van der Waals surface area contributed by atoms with E-state index in [2.05, 4.69) is 0 Å². The number of carbonyl (C=O) groups excluding carboxylic acids is 1. The lowest BCUT2D eigenvalue weighted by atomic mass is 10.1. The third-order valence-electron chi connectivity index (χ3n) is 3.34. The van der Waals surface area contributed by atoms with E-state index < -0.39 is 0 Å². The third kappa shape index (κ3) is 3.49. The molecule has 0 aliphatic heterocycles. The van der Waals surface area contributed by atoms with Gasteiger partial charge < -0.3 is 10.6 Å². The van der Waals surface area contributed by atoms with E-state index in [1.54, 1.807) is 24.1 Å². The van der Waals surface area contributed by atoms with Crippen LogP contribution < -0.4 is 5.73 Å². The molecular weight excluding hydrogens is 307 g/mol. The summed E-state index contributed by atoms with van der Waals surface area (Å²) in [4.78, 5) is 14.1. The number of halogens is 2. The van der Waals surface area contributed by atoms with Crippen molar-refractivity contribution in [2.24, 2.45) is 0 Å². The Morgan fingerprint density at radius 2 is 1.76 bits per heavy atom. The Labute approximate surface area is 134 Å². The molecule has 3 nitrogen and oxygen atoms in total. The second-order valence-electron chi connectivity index (χ2n) is 4.94. The Bertz CT molecular complexity index is 663. The predicted octanol–water partition coefficient (Wildman–Crippen LogP) is 4.16. The van der Waals surface area contributed by atoms with Crippen LogP contribution in [0.3, 0.4) is 0 Å². The lowest BCUT2D eigenvalue weighted by molar-refractivity contribution is 0.0785. The first-order valence-electron chi connectivity index (χ1n) is 6.44. The molecule has 0 heterocycles. The summed E-state index contributed by atoms with van der Waals surface area (Å²) in [5, 5.41) is 0.574. The highest BCUT2D eigenvalue weighted by molar-refractivity contribution is 6.39. The van der Waals surface area contributed by atoms with Gasteiger partial charge in [0, 0.05) is 19.2 Å². The quantitative estimate of drug-likeness (QED) is 0.862. The maximum atomic E-state index is 12.4. The van der Waals surface area contributed by atoms with Crippen molar-refractivity contribution in [2.75, 3.05) is 12.8 Å². The highest BCUT2D eigenvalue weighted by atomic mass is 35.5. The number of carbonyl (C=O) groups is 1. The Morgan fingerprint density at radius 1 is 1.19 bits per heavy atom. The lowest BCUT2D eigenvalue weighted by Crippen LogP contribution is -2.26. The van der Waals surface area contributed by atoms with Crippen LogP contribution in [-0.4, -0.2) is 17.9 Å². The topological polar surface area (TPSA) is 46.3 Å². The number of anilines is 1. The Hall–Kier alpha value is -1.71. The number of nitrogens with zero attached hydrogens (tertiary/aromatic N) is 1. The molecule has 0 saturated heterocycles. The van der Waals surface area contributed by atoms with Crippen LogP contribution in [0.1, 0.15) is 21.5 Å². The summed E-state index contributed by atoms with van der Waals surface area (Å²) in [5.74, 6) is -0.151. The second-order valence-corrected chi connectivity index (χ2v) is 5.76. The number of hydrogen-bond acceptors (Lipinski definition) is 2. The van der Waals surface area contributed by atoms with Gasteiger partial charge in [0.1, 0.15) is 0 Å². The minimum absolute atomic E-state index is 0.151. The molecule has 0 aromatic heterocycles. The van der Waals surface area contributed by atoms with E-state index >= 15 is 0 Å². The van der Waals surface area contributed by atoms with Gasteiger partial charge in [0.2, 0.25) is 0 Å². The van der Waals surface area contributed by atoms with Gasteiger partial charge >= 0.3 is 0 Å². The number of nitrogens with two attached hydrogens (primary N) is 1. The molecule has 0 fully saturated rings. The number of benzene rings is 2. The van der Waals surface area contributed by atoms with E-state index in [0.717, 1.165) is 11.1 Å². The van der Waals surface area contributed by atoms with Crippen LogP contribution in [-0.2, 0) is 6.54 Å². The first-order chi connectivity index (χ1) is 9.90. The zero-order valence-corrected chi connectivity index (χ0v) is 13.4. The molecular formula is C16H16Cl2N2O. The SMILES string of the molecule is Cc1ccccc1CN(C)C(=O)c1cc(Cl)c(N)c(Cl)c1. The molecule has 0 aliphatic carbocycles. The predicted molar refractivity (Wildman–Crippen MR) is 87.9 cm³/mol. The van der Waals surface area contributed by atoms with Crippen LogP contribution in [0.2, 0.25) is 10.0 Å². The molecule has 2 rings (SSSR count). The molecule has 5 heteroatoms. The van der Waals surface area contributed by atoms with Crippen molar-refractivity contribution in [3.05, 3.63) is 63.1 Å². The van der Waals surface area contributed by atoms with Crippen LogP contribution in [0, 0.1) is 6.92 Å². The molecule has 0 atom stereocenters. The Kier molecular flexibility index (Phi) is 4.76. The molecule has 110 valence electrons. The van der Waals surface area contributed by atoms with Crippen molar-refractivity contribution in [1.29, 1.82) is 0 Å². The molecule has 2 aromatic carbocycles. The second kappa shape index (κ2) is 6.37. The van der Waals surface area contributed by atoms with Gasteiger partial charge in [-0.1, -0.05) is 47.5 Å². The van der Waals surface area contributed by atoms with Gasteiger partial charge in [-0.15, -0.1) is 0 Å². The third-order valence-corrected chi connectivity index (χ3v) is 3.97. The van der Waals surface area contributed by atoms with E-state index in [4.69, 9.17) is 28.9 Å². The zero-order valence-electron chi connectivity index (χ0n) is 11.9. The van der Waals surface area contributed by atoms with Crippen LogP contribution in [0.5, 0.6) is 0 Å². The first kappa shape index (κ1) is 15.7. The van der Waals surface area contributed by atoms with Gasteiger partial charge in [-0.2, -0.15) is 0 Å². The molecule has 0 saturated carbocycles. The Balaban J connectivity index is 2.22. The summed E-state index contributed by atoms with van der Waals surface area (Å²) in [6, 6.07) is 11.0. The van der Waals surface area contributed by atoms with Gasteiger partial charge in [0.15, 0.2) is 0 Å². The number of rotatable bonds is 3. The van der Waals surface area contributed by atoms with Gasteiger partial charge in [-0.3, -0.25) is 4.79 Å². The van der Waals surface area contributed by atoms with Gasteiger partial charge in [-0.25, -0.2) is 0 Å². The molecule has 0 spiro atoms. The molecule has 21 heavy (non-hydrogen) atoms. The molecule has 0 aliphatic rings. The highest BCUT2D eigenvalue weighted by Crippen LogP contribution is 2.29. The van der Waals surface area contributed by atoms with Crippen LogP contribution in [0.4, 0.5) is 5.69 Å². The summed E-state index contributed by atoms with van der Waals surface area (Å²) in [6.07, 6.45) is 0. The minimum Gasteiger partial charge on any atom is -0.396 e. The highest BCUT2D eigenvalue weighted by Gasteiger charge is 2.16. The van der Waals surface area contributed by atoms with E-state index in [-0.39, 0.29) is 21.6 Å². The minimum atomic E-state index is -0.151. The maximum absolute atomic E-state index is 12.4. The largest absolute Gasteiger partial charge is 0.396 e. The van der Waals surface area contributed by atoms with Crippen LogP contribution >= 0.6 is 23.2 Å². The number of nitrogen functional groups attached to an aromatic ring is 1. The molecule has 0 bridgehead atoms. The van der Waals surface area contributed by atoms with Crippen LogP contribution in [0.15, 0.2) is 36.4 Å². The molecule has 0 radical (unpaired) electrons. The fraction of sp³-hybridized carbons (Fsp3) is 0.188. The van der Waals surface area contributed by atoms with E-state index in [0.29, 0.717) is 12.1 Å². The van der Waals surface area contributed by atoms with Crippen LogP contribution in [0.25, 0.3) is 0 Å². The summed E-state index contributed by atoms with van der Waals surface area (Å²) in [7, 11) is 1.74. The number of hydrogen-bond donors (Lipinski definition) is 1.